The molecule has 2 aromatic carbocycles. The van der Waals surface area contributed by atoms with E-state index < -0.39 is 0 Å². The van der Waals surface area contributed by atoms with Crippen LogP contribution in [0, 0.1) is 0 Å². The number of fused-ring (bicyclic) bond motifs is 1. The summed E-state index contributed by atoms with van der Waals surface area (Å²) in [5, 5.41) is 0.781. The summed E-state index contributed by atoms with van der Waals surface area (Å²) in [6, 6.07) is 14.2. The summed E-state index contributed by atoms with van der Waals surface area (Å²) >= 11 is 6.39. The zero-order valence-corrected chi connectivity index (χ0v) is 13.1. The van der Waals surface area contributed by atoms with Crippen LogP contribution in [-0.4, -0.2) is 32.1 Å². The predicted molar refractivity (Wildman–Crippen MR) is 87.8 cm³/mol. The molecule has 0 spiro atoms. The molecule has 0 aromatic heterocycles. The highest BCUT2D eigenvalue weighted by molar-refractivity contribution is 6.33. The van der Waals surface area contributed by atoms with Crippen molar-refractivity contribution < 1.29 is 4.74 Å². The number of ether oxygens (including phenoxy) is 1. The number of anilines is 2. The van der Waals surface area contributed by atoms with Crippen molar-refractivity contribution in [3.8, 4) is 5.75 Å². The zero-order valence-electron chi connectivity index (χ0n) is 12.3. The summed E-state index contributed by atoms with van der Waals surface area (Å²) in [7, 11) is 3.84. The lowest BCUT2D eigenvalue weighted by Crippen LogP contribution is -2.26. The quantitative estimate of drug-likeness (QED) is 0.836. The maximum atomic E-state index is 6.39. The van der Waals surface area contributed by atoms with E-state index in [2.05, 4.69) is 35.0 Å². The molecule has 0 saturated carbocycles. The normalized spacial score (nSPS) is 15.5. The molecular formula is C17H19ClN2O. The second-order valence-electron chi connectivity index (χ2n) is 5.34. The van der Waals surface area contributed by atoms with Crippen molar-refractivity contribution in [3.05, 3.63) is 53.1 Å². The Hall–Kier alpha value is -1.71. The number of benzene rings is 2. The Bertz CT molecular complexity index is 644. The topological polar surface area (TPSA) is 15.7 Å². The molecule has 2 aromatic rings. The molecule has 0 fully saturated rings. The minimum atomic E-state index is 0.781. The minimum Gasteiger partial charge on any atom is -0.497 e. The van der Waals surface area contributed by atoms with Crippen molar-refractivity contribution in [1.82, 2.24) is 4.90 Å². The van der Waals surface area contributed by atoms with E-state index in [1.807, 2.05) is 24.3 Å². The Morgan fingerprint density at radius 2 is 1.86 bits per heavy atom. The number of halogens is 1. The summed E-state index contributed by atoms with van der Waals surface area (Å²) in [5.74, 6) is 0.892. The standard InChI is InChI=1S/C17H19ClN2O/c1-19-9-10-20(17-6-4-3-5-15(17)18)16-8-7-14(21-2)11-13(16)12-19/h3-8,11H,9-10,12H2,1-2H3. The fraction of sp³-hybridized carbons (Fsp3) is 0.294. The number of methoxy groups -OCH3 is 1. The highest BCUT2D eigenvalue weighted by Crippen LogP contribution is 2.36. The lowest BCUT2D eigenvalue weighted by atomic mass is 10.1. The number of para-hydroxylation sites is 1. The molecule has 21 heavy (non-hydrogen) atoms. The van der Waals surface area contributed by atoms with E-state index in [0.29, 0.717) is 0 Å². The summed E-state index contributed by atoms with van der Waals surface area (Å²) in [4.78, 5) is 4.61. The van der Waals surface area contributed by atoms with E-state index in [1.54, 1.807) is 7.11 Å². The molecule has 1 aliphatic heterocycles. The van der Waals surface area contributed by atoms with Gasteiger partial charge in [0.2, 0.25) is 0 Å². The van der Waals surface area contributed by atoms with E-state index in [9.17, 15) is 0 Å². The average molecular weight is 303 g/mol. The van der Waals surface area contributed by atoms with Gasteiger partial charge in [-0.3, -0.25) is 0 Å². The fourth-order valence-electron chi connectivity index (χ4n) is 2.76. The molecule has 0 bridgehead atoms. The minimum absolute atomic E-state index is 0.781. The Kier molecular flexibility index (Phi) is 4.04. The largest absolute Gasteiger partial charge is 0.497 e. The molecule has 0 unspecified atom stereocenters. The molecular weight excluding hydrogens is 284 g/mol. The highest BCUT2D eigenvalue weighted by Gasteiger charge is 2.21. The number of hydrogen-bond acceptors (Lipinski definition) is 3. The first-order valence-electron chi connectivity index (χ1n) is 7.06. The van der Waals surface area contributed by atoms with Crippen LogP contribution in [0.5, 0.6) is 5.75 Å². The fourth-order valence-corrected chi connectivity index (χ4v) is 3.00. The third-order valence-corrected chi connectivity index (χ3v) is 4.19. The third-order valence-electron chi connectivity index (χ3n) is 3.87. The first-order valence-corrected chi connectivity index (χ1v) is 7.44. The van der Waals surface area contributed by atoms with Gasteiger partial charge in [-0.05, 0) is 42.9 Å². The summed E-state index contributed by atoms with van der Waals surface area (Å²) in [6.07, 6.45) is 0. The molecule has 110 valence electrons. The molecule has 0 N–H and O–H groups in total. The van der Waals surface area contributed by atoms with Crippen LogP contribution in [0.25, 0.3) is 0 Å². The van der Waals surface area contributed by atoms with E-state index in [-0.39, 0.29) is 0 Å². The highest BCUT2D eigenvalue weighted by atomic mass is 35.5. The van der Waals surface area contributed by atoms with Crippen molar-refractivity contribution >= 4 is 23.0 Å². The predicted octanol–water partition coefficient (Wildman–Crippen LogP) is 3.93. The monoisotopic (exact) mass is 302 g/mol. The summed E-state index contributed by atoms with van der Waals surface area (Å²) in [6.45, 7) is 2.81. The number of hydrogen-bond donors (Lipinski definition) is 0. The molecule has 3 nitrogen and oxygen atoms in total. The number of likely N-dealkylation sites (N-methyl/N-ethyl adjacent to an activating group) is 1. The Labute approximate surface area is 130 Å². The van der Waals surface area contributed by atoms with E-state index in [1.165, 1.54) is 11.3 Å². The first-order chi connectivity index (χ1) is 10.2. The smallest absolute Gasteiger partial charge is 0.119 e. The lowest BCUT2D eigenvalue weighted by Gasteiger charge is -2.26. The molecule has 0 amide bonds. The van der Waals surface area contributed by atoms with Gasteiger partial charge in [0.15, 0.2) is 0 Å². The van der Waals surface area contributed by atoms with Crippen molar-refractivity contribution in [3.63, 3.8) is 0 Å². The lowest BCUT2D eigenvalue weighted by molar-refractivity contribution is 0.342. The van der Waals surface area contributed by atoms with Crippen LogP contribution < -0.4 is 9.64 Å². The maximum Gasteiger partial charge on any atom is 0.119 e. The van der Waals surface area contributed by atoms with Crippen LogP contribution in [0.1, 0.15) is 5.56 Å². The average Bonchev–Trinajstić information content (AvgIpc) is 2.65. The van der Waals surface area contributed by atoms with Gasteiger partial charge in [-0.25, -0.2) is 0 Å². The van der Waals surface area contributed by atoms with Crippen LogP contribution in [0.4, 0.5) is 11.4 Å². The van der Waals surface area contributed by atoms with E-state index in [4.69, 9.17) is 16.3 Å². The molecule has 1 heterocycles. The summed E-state index contributed by atoms with van der Waals surface area (Å²) in [5.41, 5.74) is 3.52. The van der Waals surface area contributed by atoms with Crippen LogP contribution in [-0.2, 0) is 6.54 Å². The molecule has 0 saturated heterocycles. The SMILES string of the molecule is COc1ccc2c(c1)CN(C)CCN2c1ccccc1Cl. The van der Waals surface area contributed by atoms with Crippen LogP contribution in [0.2, 0.25) is 5.02 Å². The summed E-state index contributed by atoms with van der Waals surface area (Å²) < 4.78 is 5.36. The van der Waals surface area contributed by atoms with Crippen LogP contribution >= 0.6 is 11.6 Å². The zero-order chi connectivity index (χ0) is 14.8. The second kappa shape index (κ2) is 5.96. The van der Waals surface area contributed by atoms with Gasteiger partial charge < -0.3 is 14.5 Å². The van der Waals surface area contributed by atoms with Gasteiger partial charge in [-0.1, -0.05) is 23.7 Å². The number of nitrogens with zero attached hydrogens (tertiary/aromatic N) is 2. The third kappa shape index (κ3) is 2.85. The molecule has 0 aliphatic carbocycles. The number of rotatable bonds is 2. The van der Waals surface area contributed by atoms with Gasteiger partial charge >= 0.3 is 0 Å². The molecule has 3 rings (SSSR count). The molecule has 4 heteroatoms. The van der Waals surface area contributed by atoms with Gasteiger partial charge in [0.25, 0.3) is 0 Å². The molecule has 0 radical (unpaired) electrons. The van der Waals surface area contributed by atoms with E-state index >= 15 is 0 Å². The van der Waals surface area contributed by atoms with Gasteiger partial charge in [-0.2, -0.15) is 0 Å². The second-order valence-corrected chi connectivity index (χ2v) is 5.74. The van der Waals surface area contributed by atoms with Crippen LogP contribution in [0.15, 0.2) is 42.5 Å². The van der Waals surface area contributed by atoms with Crippen LogP contribution in [0.3, 0.4) is 0 Å². The Morgan fingerprint density at radius 3 is 2.62 bits per heavy atom. The molecule has 0 atom stereocenters. The van der Waals surface area contributed by atoms with Gasteiger partial charge in [0.05, 0.1) is 17.8 Å². The van der Waals surface area contributed by atoms with Crippen molar-refractivity contribution in [2.24, 2.45) is 0 Å². The van der Waals surface area contributed by atoms with E-state index in [0.717, 1.165) is 36.1 Å². The maximum absolute atomic E-state index is 6.39. The van der Waals surface area contributed by atoms with Gasteiger partial charge in [0.1, 0.15) is 5.75 Å². The molecule has 1 aliphatic rings. The Morgan fingerprint density at radius 1 is 1.05 bits per heavy atom. The van der Waals surface area contributed by atoms with Crippen molar-refractivity contribution in [2.45, 2.75) is 6.54 Å². The van der Waals surface area contributed by atoms with Crippen molar-refractivity contribution in [1.29, 1.82) is 0 Å². The first kappa shape index (κ1) is 14.2. The van der Waals surface area contributed by atoms with Gasteiger partial charge in [-0.15, -0.1) is 0 Å². The van der Waals surface area contributed by atoms with Crippen molar-refractivity contribution in [2.75, 3.05) is 32.1 Å². The Balaban J connectivity index is 2.09. The van der Waals surface area contributed by atoms with Gasteiger partial charge in [0, 0.05) is 25.3 Å².